The maximum Gasteiger partial charge on any atom is 0.262 e. The number of ketones is 1. The highest BCUT2D eigenvalue weighted by Crippen LogP contribution is 2.31. The van der Waals surface area contributed by atoms with Crippen LogP contribution in [0.15, 0.2) is 72.8 Å². The second-order valence-electron chi connectivity index (χ2n) is 6.45. The van der Waals surface area contributed by atoms with Crippen molar-refractivity contribution < 1.29 is 14.3 Å². The highest BCUT2D eigenvalue weighted by Gasteiger charge is 2.22. The number of benzene rings is 3. The van der Waals surface area contributed by atoms with Gasteiger partial charge < -0.3 is 10.1 Å². The summed E-state index contributed by atoms with van der Waals surface area (Å²) in [5.74, 6) is 0.516. The molecule has 0 aliphatic heterocycles. The molecule has 4 rings (SSSR count). The highest BCUT2D eigenvalue weighted by atomic mass is 16.5. The summed E-state index contributed by atoms with van der Waals surface area (Å²) in [6.07, 6.45) is 1.18. The van der Waals surface area contributed by atoms with E-state index in [1.54, 1.807) is 6.07 Å². The molecule has 134 valence electrons. The third kappa shape index (κ3) is 3.60. The number of rotatable bonds is 5. The Bertz CT molecular complexity index is 996. The van der Waals surface area contributed by atoms with Gasteiger partial charge in [0.05, 0.1) is 0 Å². The number of hydrogen-bond donors (Lipinski definition) is 1. The van der Waals surface area contributed by atoms with Crippen LogP contribution in [0.1, 0.15) is 22.3 Å². The SMILES string of the molecule is O=C(COc1cccc2c1CCC2=O)Nc1ccccc1-c1ccccc1. The lowest BCUT2D eigenvalue weighted by Gasteiger charge is -2.13. The third-order valence-corrected chi connectivity index (χ3v) is 4.68. The Morgan fingerprint density at radius 3 is 2.44 bits per heavy atom. The molecule has 0 atom stereocenters. The van der Waals surface area contributed by atoms with E-state index in [9.17, 15) is 9.59 Å². The Balaban J connectivity index is 1.47. The van der Waals surface area contributed by atoms with E-state index in [1.807, 2.05) is 66.7 Å². The average molecular weight is 357 g/mol. The lowest BCUT2D eigenvalue weighted by Crippen LogP contribution is -2.21. The molecule has 1 N–H and O–H groups in total. The summed E-state index contributed by atoms with van der Waals surface area (Å²) in [4.78, 5) is 24.3. The van der Waals surface area contributed by atoms with Crippen molar-refractivity contribution in [2.45, 2.75) is 12.8 Å². The molecule has 3 aromatic rings. The van der Waals surface area contributed by atoms with Gasteiger partial charge in [-0.2, -0.15) is 0 Å². The van der Waals surface area contributed by atoms with E-state index < -0.39 is 0 Å². The van der Waals surface area contributed by atoms with Crippen molar-refractivity contribution in [1.82, 2.24) is 0 Å². The van der Waals surface area contributed by atoms with Crippen LogP contribution in [0.3, 0.4) is 0 Å². The van der Waals surface area contributed by atoms with Gasteiger partial charge in [-0.1, -0.05) is 60.7 Å². The first-order chi connectivity index (χ1) is 13.2. The number of ether oxygens (including phenoxy) is 1. The molecule has 0 aromatic heterocycles. The van der Waals surface area contributed by atoms with Crippen molar-refractivity contribution in [3.8, 4) is 16.9 Å². The van der Waals surface area contributed by atoms with Gasteiger partial charge in [-0.3, -0.25) is 9.59 Å². The van der Waals surface area contributed by atoms with E-state index in [-0.39, 0.29) is 18.3 Å². The molecule has 1 aliphatic rings. The third-order valence-electron chi connectivity index (χ3n) is 4.68. The van der Waals surface area contributed by atoms with Crippen molar-refractivity contribution in [2.24, 2.45) is 0 Å². The number of nitrogens with one attached hydrogen (secondary N) is 1. The van der Waals surface area contributed by atoms with E-state index in [0.29, 0.717) is 24.2 Å². The van der Waals surface area contributed by atoms with E-state index in [1.165, 1.54) is 0 Å². The normalized spacial score (nSPS) is 12.5. The molecule has 0 spiro atoms. The van der Waals surface area contributed by atoms with Crippen LogP contribution in [-0.2, 0) is 11.2 Å². The molecule has 1 amide bonds. The molecule has 1 aliphatic carbocycles. The van der Waals surface area contributed by atoms with Crippen LogP contribution in [0, 0.1) is 0 Å². The maximum absolute atomic E-state index is 12.4. The van der Waals surface area contributed by atoms with Crippen LogP contribution >= 0.6 is 0 Å². The predicted octanol–water partition coefficient (Wildman–Crippen LogP) is 4.50. The zero-order valence-corrected chi connectivity index (χ0v) is 14.8. The highest BCUT2D eigenvalue weighted by molar-refractivity contribution is 6.01. The van der Waals surface area contributed by atoms with Crippen LogP contribution in [0.25, 0.3) is 11.1 Å². The molecule has 27 heavy (non-hydrogen) atoms. The van der Waals surface area contributed by atoms with Gasteiger partial charge in [0.15, 0.2) is 12.4 Å². The number of amides is 1. The van der Waals surface area contributed by atoms with E-state index in [0.717, 1.165) is 22.4 Å². The monoisotopic (exact) mass is 357 g/mol. The summed E-state index contributed by atoms with van der Waals surface area (Å²) >= 11 is 0. The van der Waals surface area contributed by atoms with Crippen molar-refractivity contribution in [2.75, 3.05) is 11.9 Å². The fourth-order valence-electron chi connectivity index (χ4n) is 3.38. The zero-order chi connectivity index (χ0) is 18.6. The number of hydrogen-bond acceptors (Lipinski definition) is 3. The summed E-state index contributed by atoms with van der Waals surface area (Å²) < 4.78 is 5.71. The van der Waals surface area contributed by atoms with E-state index in [4.69, 9.17) is 4.74 Å². The minimum atomic E-state index is -0.236. The molecule has 3 aromatic carbocycles. The van der Waals surface area contributed by atoms with Gasteiger partial charge in [-0.15, -0.1) is 0 Å². The van der Waals surface area contributed by atoms with Gasteiger partial charge in [0.25, 0.3) is 5.91 Å². The zero-order valence-electron chi connectivity index (χ0n) is 14.8. The van der Waals surface area contributed by atoms with Crippen LogP contribution in [0.4, 0.5) is 5.69 Å². The first-order valence-electron chi connectivity index (χ1n) is 8.94. The Hall–Kier alpha value is -3.40. The maximum atomic E-state index is 12.4. The second kappa shape index (κ2) is 7.46. The quantitative estimate of drug-likeness (QED) is 0.731. The van der Waals surface area contributed by atoms with E-state index in [2.05, 4.69) is 5.32 Å². The topological polar surface area (TPSA) is 55.4 Å². The minimum absolute atomic E-state index is 0.103. The summed E-state index contributed by atoms with van der Waals surface area (Å²) in [5.41, 5.74) is 4.35. The second-order valence-corrected chi connectivity index (χ2v) is 6.45. The van der Waals surface area contributed by atoms with Crippen LogP contribution < -0.4 is 10.1 Å². The van der Waals surface area contributed by atoms with Crippen LogP contribution in [-0.4, -0.2) is 18.3 Å². The standard InChI is InChI=1S/C23H19NO3/c25-21-14-13-19-18(21)10-6-12-22(19)27-15-23(26)24-20-11-5-4-9-17(20)16-7-2-1-3-8-16/h1-12H,13-15H2,(H,24,26). The van der Waals surface area contributed by atoms with Crippen LogP contribution in [0.5, 0.6) is 5.75 Å². The van der Waals surface area contributed by atoms with Crippen molar-refractivity contribution in [3.63, 3.8) is 0 Å². The number of carbonyl (C=O) groups is 2. The molecule has 4 nitrogen and oxygen atoms in total. The number of Topliss-reactive ketones (excluding diaryl/α,β-unsaturated/α-hetero) is 1. The van der Waals surface area contributed by atoms with Gasteiger partial charge in [0, 0.05) is 28.8 Å². The van der Waals surface area contributed by atoms with Gasteiger partial charge >= 0.3 is 0 Å². The Kier molecular flexibility index (Phi) is 4.71. The summed E-state index contributed by atoms with van der Waals surface area (Å²) in [7, 11) is 0. The van der Waals surface area contributed by atoms with Gasteiger partial charge in [-0.05, 0) is 24.1 Å². The predicted molar refractivity (Wildman–Crippen MR) is 105 cm³/mol. The molecule has 0 unspecified atom stereocenters. The van der Waals surface area contributed by atoms with E-state index >= 15 is 0 Å². The smallest absolute Gasteiger partial charge is 0.262 e. The Morgan fingerprint density at radius 2 is 1.59 bits per heavy atom. The molecule has 0 bridgehead atoms. The van der Waals surface area contributed by atoms with Gasteiger partial charge in [0.1, 0.15) is 5.75 Å². The van der Waals surface area contributed by atoms with Crippen LogP contribution in [0.2, 0.25) is 0 Å². The fourth-order valence-corrected chi connectivity index (χ4v) is 3.38. The Labute approximate surface area is 157 Å². The first-order valence-corrected chi connectivity index (χ1v) is 8.94. The first kappa shape index (κ1) is 17.0. The molecule has 0 saturated heterocycles. The van der Waals surface area contributed by atoms with Crippen molar-refractivity contribution in [1.29, 1.82) is 0 Å². The fraction of sp³-hybridized carbons (Fsp3) is 0.130. The lowest BCUT2D eigenvalue weighted by molar-refractivity contribution is -0.118. The number of anilines is 1. The minimum Gasteiger partial charge on any atom is -0.483 e. The lowest BCUT2D eigenvalue weighted by atomic mass is 10.0. The van der Waals surface area contributed by atoms with Gasteiger partial charge in [0.2, 0.25) is 0 Å². The molecular weight excluding hydrogens is 338 g/mol. The summed E-state index contributed by atoms with van der Waals surface area (Å²) in [6.45, 7) is -0.103. The number of fused-ring (bicyclic) bond motifs is 1. The molecule has 0 heterocycles. The molecule has 0 fully saturated rings. The number of carbonyl (C=O) groups excluding carboxylic acids is 2. The number of para-hydroxylation sites is 1. The van der Waals surface area contributed by atoms with Crippen molar-refractivity contribution >= 4 is 17.4 Å². The largest absolute Gasteiger partial charge is 0.483 e. The average Bonchev–Trinajstić information content (AvgIpc) is 3.09. The molecule has 4 heteroatoms. The summed E-state index contributed by atoms with van der Waals surface area (Å²) in [5, 5.41) is 2.92. The van der Waals surface area contributed by atoms with Gasteiger partial charge in [-0.25, -0.2) is 0 Å². The van der Waals surface area contributed by atoms with Crippen molar-refractivity contribution in [3.05, 3.63) is 83.9 Å². The Morgan fingerprint density at radius 1 is 0.852 bits per heavy atom. The molecule has 0 saturated carbocycles. The molecular formula is C23H19NO3. The summed E-state index contributed by atoms with van der Waals surface area (Å²) in [6, 6.07) is 23.0. The molecule has 0 radical (unpaired) electrons.